The summed E-state index contributed by atoms with van der Waals surface area (Å²) in [6.45, 7) is 0. The maximum absolute atomic E-state index is 11.2. The van der Waals surface area contributed by atoms with Crippen LogP contribution in [0, 0.1) is 10.1 Å². The van der Waals surface area contributed by atoms with Crippen LogP contribution in [0.2, 0.25) is 0 Å². The normalized spacial score (nSPS) is 10.7. The first-order chi connectivity index (χ1) is 6.97. The third-order valence-electron chi connectivity index (χ3n) is 1.56. The molecule has 0 radical (unpaired) electrons. The van der Waals surface area contributed by atoms with Crippen molar-refractivity contribution < 1.29 is 18.1 Å². The molecule has 1 amide bonds. The summed E-state index contributed by atoms with van der Waals surface area (Å²) in [6, 6.07) is 4.17. The maximum Gasteiger partial charge on any atom is 0.269 e. The first kappa shape index (κ1) is 11.1. The lowest BCUT2D eigenvalue weighted by atomic mass is 10.3. The summed E-state index contributed by atoms with van der Waals surface area (Å²) in [4.78, 5) is 19.4. The lowest BCUT2D eigenvalue weighted by molar-refractivity contribution is -0.384. The Kier molecular flexibility index (Phi) is 3.00. The molecule has 1 aromatic rings. The second-order valence-corrected chi connectivity index (χ2v) is 4.20. The fourth-order valence-corrected chi connectivity index (χ4v) is 1.64. The summed E-state index contributed by atoms with van der Waals surface area (Å²) in [5, 5.41) is 10.3. The number of nitro groups is 1. The van der Waals surface area contributed by atoms with Gasteiger partial charge in [-0.15, -0.1) is 0 Å². The zero-order valence-corrected chi connectivity index (χ0v) is 8.10. The van der Waals surface area contributed by atoms with E-state index in [0.717, 1.165) is 24.3 Å². The van der Waals surface area contributed by atoms with Gasteiger partial charge in [0.15, 0.2) is 0 Å². The summed E-state index contributed by atoms with van der Waals surface area (Å²) in [6.07, 6.45) is 0.0245. The molecule has 15 heavy (non-hydrogen) atoms. The number of nitrogens with zero attached hydrogens (tertiary/aromatic N) is 1. The van der Waals surface area contributed by atoms with Gasteiger partial charge in [-0.05, 0) is 12.1 Å². The summed E-state index contributed by atoms with van der Waals surface area (Å²) >= 11 is 0. The molecule has 8 heteroatoms. The Morgan fingerprint density at radius 3 is 2.20 bits per heavy atom. The van der Waals surface area contributed by atoms with Crippen molar-refractivity contribution in [3.8, 4) is 0 Å². The minimum atomic E-state index is -3.89. The number of nitro benzene ring substituents is 1. The van der Waals surface area contributed by atoms with Crippen LogP contribution >= 0.6 is 0 Å². The third-order valence-corrected chi connectivity index (χ3v) is 2.86. The molecule has 0 bridgehead atoms. The molecule has 0 heterocycles. The van der Waals surface area contributed by atoms with Gasteiger partial charge in [0.1, 0.15) is 0 Å². The van der Waals surface area contributed by atoms with Gasteiger partial charge in [-0.25, -0.2) is 8.42 Å². The molecule has 0 fully saturated rings. The molecule has 1 rings (SSSR count). The van der Waals surface area contributed by atoms with Gasteiger partial charge >= 0.3 is 0 Å². The Bertz CT molecular complexity index is 479. The molecule has 0 spiro atoms. The highest BCUT2D eigenvalue weighted by atomic mass is 32.2. The molecular formula is C7H6N2O5S. The topological polar surface area (TPSA) is 106 Å². The second kappa shape index (κ2) is 4.05. The highest BCUT2D eigenvalue weighted by Crippen LogP contribution is 2.15. The monoisotopic (exact) mass is 230 g/mol. The molecule has 0 atom stereocenters. The highest BCUT2D eigenvalue weighted by molar-refractivity contribution is 7.90. The van der Waals surface area contributed by atoms with Crippen molar-refractivity contribution in [1.29, 1.82) is 0 Å². The van der Waals surface area contributed by atoms with E-state index in [9.17, 15) is 23.3 Å². The molecule has 0 aliphatic heterocycles. The van der Waals surface area contributed by atoms with Crippen LogP contribution in [0.25, 0.3) is 0 Å². The molecular weight excluding hydrogens is 224 g/mol. The smallest absolute Gasteiger partial charge is 0.269 e. The molecule has 1 aromatic carbocycles. The van der Waals surface area contributed by atoms with Crippen molar-refractivity contribution in [3.63, 3.8) is 0 Å². The van der Waals surface area contributed by atoms with Crippen LogP contribution in [-0.4, -0.2) is 19.8 Å². The summed E-state index contributed by atoms with van der Waals surface area (Å²) in [7, 11) is -3.89. The van der Waals surface area contributed by atoms with E-state index in [2.05, 4.69) is 0 Å². The standard InChI is InChI=1S/C7H6N2O5S/c10-5-8-15(13,14)7-3-1-6(2-4-7)9(11)12/h1-5H,(H,8,10). The van der Waals surface area contributed by atoms with Gasteiger partial charge in [0.25, 0.3) is 15.7 Å². The first-order valence-corrected chi connectivity index (χ1v) is 5.16. The van der Waals surface area contributed by atoms with E-state index in [0.29, 0.717) is 0 Å². The minimum absolute atomic E-state index is 0.0245. The van der Waals surface area contributed by atoms with Crippen molar-refractivity contribution in [2.45, 2.75) is 4.90 Å². The van der Waals surface area contributed by atoms with E-state index < -0.39 is 14.9 Å². The van der Waals surface area contributed by atoms with Crippen molar-refractivity contribution in [2.75, 3.05) is 0 Å². The number of rotatable bonds is 4. The van der Waals surface area contributed by atoms with E-state index in [-0.39, 0.29) is 17.0 Å². The van der Waals surface area contributed by atoms with Crippen LogP contribution < -0.4 is 4.72 Å². The number of sulfonamides is 1. The van der Waals surface area contributed by atoms with Gasteiger partial charge < -0.3 is 0 Å². The van der Waals surface area contributed by atoms with Crippen LogP contribution in [0.3, 0.4) is 0 Å². The fraction of sp³-hybridized carbons (Fsp3) is 0. The van der Waals surface area contributed by atoms with E-state index in [1.807, 2.05) is 0 Å². The van der Waals surface area contributed by atoms with E-state index in [4.69, 9.17) is 0 Å². The largest absolute Gasteiger partial charge is 0.278 e. The Hall–Kier alpha value is -1.96. The van der Waals surface area contributed by atoms with Crippen molar-refractivity contribution in [3.05, 3.63) is 34.4 Å². The molecule has 0 saturated carbocycles. The molecule has 7 nitrogen and oxygen atoms in total. The Morgan fingerprint density at radius 1 is 1.27 bits per heavy atom. The van der Waals surface area contributed by atoms with Crippen molar-refractivity contribution in [1.82, 2.24) is 4.72 Å². The van der Waals surface area contributed by atoms with Gasteiger partial charge in [-0.2, -0.15) is 0 Å². The number of hydrogen-bond donors (Lipinski definition) is 1. The number of amides is 1. The SMILES string of the molecule is O=CNS(=O)(=O)c1ccc([N+](=O)[O-])cc1. The molecule has 0 aromatic heterocycles. The molecule has 80 valence electrons. The number of hydrogen-bond acceptors (Lipinski definition) is 5. The Morgan fingerprint density at radius 2 is 1.80 bits per heavy atom. The van der Waals surface area contributed by atoms with E-state index in [1.54, 1.807) is 4.72 Å². The fourth-order valence-electron chi connectivity index (χ4n) is 0.878. The Labute approximate surface area is 84.9 Å². The van der Waals surface area contributed by atoms with Crippen LogP contribution in [0.1, 0.15) is 0 Å². The lowest BCUT2D eigenvalue weighted by Crippen LogP contribution is -2.21. The number of benzene rings is 1. The number of carbonyl (C=O) groups excluding carboxylic acids is 1. The molecule has 0 unspecified atom stereocenters. The van der Waals surface area contributed by atoms with Gasteiger partial charge in [0.2, 0.25) is 6.41 Å². The summed E-state index contributed by atoms with van der Waals surface area (Å²) < 4.78 is 24.0. The predicted octanol–water partition coefficient (Wildman–Crippen LogP) is 0.0295. The number of carbonyl (C=O) groups is 1. The lowest BCUT2D eigenvalue weighted by Gasteiger charge is -2.00. The maximum atomic E-state index is 11.2. The quantitative estimate of drug-likeness (QED) is 0.446. The molecule has 1 N–H and O–H groups in total. The van der Waals surface area contributed by atoms with E-state index >= 15 is 0 Å². The minimum Gasteiger partial charge on any atom is -0.278 e. The third kappa shape index (κ3) is 2.50. The predicted molar refractivity (Wildman–Crippen MR) is 49.5 cm³/mol. The summed E-state index contributed by atoms with van der Waals surface area (Å²) in [5.74, 6) is 0. The zero-order valence-electron chi connectivity index (χ0n) is 7.28. The van der Waals surface area contributed by atoms with Gasteiger partial charge in [-0.1, -0.05) is 0 Å². The van der Waals surface area contributed by atoms with Crippen molar-refractivity contribution in [2.24, 2.45) is 0 Å². The number of non-ortho nitro benzene ring substituents is 1. The zero-order chi connectivity index (χ0) is 11.5. The molecule has 0 aliphatic carbocycles. The van der Waals surface area contributed by atoms with Gasteiger partial charge in [0, 0.05) is 12.1 Å². The summed E-state index contributed by atoms with van der Waals surface area (Å²) in [5.41, 5.74) is -0.222. The Balaban J connectivity index is 3.09. The second-order valence-electron chi connectivity index (χ2n) is 2.49. The van der Waals surface area contributed by atoms with Crippen LogP contribution in [0.4, 0.5) is 5.69 Å². The highest BCUT2D eigenvalue weighted by Gasteiger charge is 2.14. The number of nitrogens with one attached hydrogen (secondary N) is 1. The molecule has 0 aliphatic rings. The van der Waals surface area contributed by atoms with Crippen molar-refractivity contribution >= 4 is 22.1 Å². The van der Waals surface area contributed by atoms with Crippen LogP contribution in [-0.2, 0) is 14.8 Å². The average molecular weight is 230 g/mol. The van der Waals surface area contributed by atoms with Crippen LogP contribution in [0.5, 0.6) is 0 Å². The molecule has 0 saturated heterocycles. The first-order valence-electron chi connectivity index (χ1n) is 3.68. The van der Waals surface area contributed by atoms with Crippen LogP contribution in [0.15, 0.2) is 29.2 Å². The average Bonchev–Trinajstić information content (AvgIpc) is 2.18. The van der Waals surface area contributed by atoms with Gasteiger partial charge in [-0.3, -0.25) is 19.6 Å². The van der Waals surface area contributed by atoms with Gasteiger partial charge in [0.05, 0.1) is 9.82 Å². The van der Waals surface area contributed by atoms with E-state index in [1.165, 1.54) is 0 Å².